The van der Waals surface area contributed by atoms with Gasteiger partial charge in [0, 0.05) is 24.5 Å². The van der Waals surface area contributed by atoms with Crippen molar-refractivity contribution in [2.45, 2.75) is 49.4 Å². The van der Waals surface area contributed by atoms with Crippen LogP contribution in [0.5, 0.6) is 0 Å². The number of pyridine rings is 1. The smallest absolute Gasteiger partial charge is 0.302 e. The van der Waals surface area contributed by atoms with Crippen molar-refractivity contribution in [2.24, 2.45) is 0 Å². The number of piperidine rings is 1. The standard InChI is InChI=1S/C15H16ClF3N2O/c16-11-3-10(6-20-7-11)14(9-22)4-12-1-2-13(5-14)21(12)8-15(17,18)19/h3,6-7,9,12-13H,1-2,4-5,8H2. The molecule has 120 valence electrons. The molecule has 0 amide bonds. The molecule has 0 saturated carbocycles. The van der Waals surface area contributed by atoms with Gasteiger partial charge >= 0.3 is 6.18 Å². The van der Waals surface area contributed by atoms with Gasteiger partial charge in [0.2, 0.25) is 0 Å². The third-order valence-corrected chi connectivity index (χ3v) is 5.04. The molecule has 2 aliphatic rings. The largest absolute Gasteiger partial charge is 0.401 e. The highest BCUT2D eigenvalue weighted by atomic mass is 35.5. The molecule has 2 saturated heterocycles. The number of alkyl halides is 3. The zero-order valence-electron chi connectivity index (χ0n) is 11.8. The highest BCUT2D eigenvalue weighted by Gasteiger charge is 2.51. The summed E-state index contributed by atoms with van der Waals surface area (Å²) in [5.41, 5.74) is -0.0650. The average molecular weight is 333 g/mol. The van der Waals surface area contributed by atoms with Gasteiger partial charge in [0.25, 0.3) is 0 Å². The van der Waals surface area contributed by atoms with E-state index in [9.17, 15) is 18.0 Å². The molecule has 3 rings (SSSR count). The Kier molecular flexibility index (Phi) is 3.93. The number of hydrogen-bond donors (Lipinski definition) is 0. The fourth-order valence-electron chi connectivity index (χ4n) is 3.93. The summed E-state index contributed by atoms with van der Waals surface area (Å²) in [5.74, 6) is 0. The fraction of sp³-hybridized carbons (Fsp3) is 0.600. The Morgan fingerprint density at radius 2 is 1.95 bits per heavy atom. The van der Waals surface area contributed by atoms with E-state index in [0.29, 0.717) is 36.3 Å². The quantitative estimate of drug-likeness (QED) is 0.796. The van der Waals surface area contributed by atoms with Gasteiger partial charge in [-0.15, -0.1) is 0 Å². The van der Waals surface area contributed by atoms with Gasteiger partial charge in [-0.2, -0.15) is 13.2 Å². The molecule has 2 aliphatic heterocycles. The van der Waals surface area contributed by atoms with E-state index in [1.807, 2.05) is 0 Å². The maximum atomic E-state index is 12.7. The van der Waals surface area contributed by atoms with Gasteiger partial charge in [-0.1, -0.05) is 11.6 Å². The molecule has 3 heterocycles. The molecule has 2 unspecified atom stereocenters. The molecule has 2 fully saturated rings. The van der Waals surface area contributed by atoms with Crippen molar-refractivity contribution in [1.29, 1.82) is 0 Å². The molecule has 1 aromatic rings. The monoisotopic (exact) mass is 332 g/mol. The third kappa shape index (κ3) is 2.86. The first-order valence-electron chi connectivity index (χ1n) is 7.23. The minimum atomic E-state index is -4.21. The highest BCUT2D eigenvalue weighted by molar-refractivity contribution is 6.30. The number of nitrogens with zero attached hydrogens (tertiary/aromatic N) is 2. The Labute approximate surface area is 131 Å². The molecule has 0 N–H and O–H groups in total. The molecule has 0 aliphatic carbocycles. The lowest BCUT2D eigenvalue weighted by Crippen LogP contribution is -2.52. The summed E-state index contributed by atoms with van der Waals surface area (Å²) >= 11 is 5.95. The van der Waals surface area contributed by atoms with E-state index in [1.165, 1.54) is 11.1 Å². The van der Waals surface area contributed by atoms with Crippen LogP contribution in [0.15, 0.2) is 18.5 Å². The predicted octanol–water partition coefficient (Wildman–Crippen LogP) is 3.36. The predicted molar refractivity (Wildman–Crippen MR) is 75.8 cm³/mol. The van der Waals surface area contributed by atoms with E-state index in [1.54, 1.807) is 12.3 Å². The Balaban J connectivity index is 1.88. The summed E-state index contributed by atoms with van der Waals surface area (Å²) in [6, 6.07) is 1.26. The van der Waals surface area contributed by atoms with E-state index < -0.39 is 18.1 Å². The second kappa shape index (κ2) is 5.49. The topological polar surface area (TPSA) is 33.2 Å². The number of aldehydes is 1. The summed E-state index contributed by atoms with van der Waals surface area (Å²) in [4.78, 5) is 17.3. The second-order valence-electron chi connectivity index (χ2n) is 6.25. The summed E-state index contributed by atoms with van der Waals surface area (Å²) in [7, 11) is 0. The number of rotatable bonds is 3. The maximum absolute atomic E-state index is 12.7. The third-order valence-electron chi connectivity index (χ3n) is 4.84. The number of hydrogen-bond acceptors (Lipinski definition) is 3. The van der Waals surface area contributed by atoms with Crippen LogP contribution in [0.3, 0.4) is 0 Å². The second-order valence-corrected chi connectivity index (χ2v) is 6.68. The average Bonchev–Trinajstić information content (AvgIpc) is 2.69. The van der Waals surface area contributed by atoms with E-state index in [-0.39, 0.29) is 12.1 Å². The van der Waals surface area contributed by atoms with Crippen LogP contribution in [0.1, 0.15) is 31.2 Å². The minimum absolute atomic E-state index is 0.218. The highest BCUT2D eigenvalue weighted by Crippen LogP contribution is 2.47. The van der Waals surface area contributed by atoms with Crippen LogP contribution < -0.4 is 0 Å². The van der Waals surface area contributed by atoms with Gasteiger partial charge in [0.1, 0.15) is 6.29 Å². The maximum Gasteiger partial charge on any atom is 0.401 e. The lowest BCUT2D eigenvalue weighted by atomic mass is 9.71. The van der Waals surface area contributed by atoms with Crippen molar-refractivity contribution in [3.8, 4) is 0 Å². The fourth-order valence-corrected chi connectivity index (χ4v) is 4.10. The first-order chi connectivity index (χ1) is 10.3. The summed E-state index contributed by atoms with van der Waals surface area (Å²) < 4.78 is 38.2. The van der Waals surface area contributed by atoms with E-state index in [0.717, 1.165) is 6.29 Å². The number of aromatic nitrogens is 1. The number of halogens is 4. The van der Waals surface area contributed by atoms with Crippen LogP contribution in [0, 0.1) is 0 Å². The molecule has 0 aromatic carbocycles. The summed E-state index contributed by atoms with van der Waals surface area (Å²) in [6.45, 7) is -0.898. The van der Waals surface area contributed by atoms with Crippen LogP contribution in [0.2, 0.25) is 5.02 Å². The molecule has 22 heavy (non-hydrogen) atoms. The molecule has 7 heteroatoms. The Morgan fingerprint density at radius 1 is 1.32 bits per heavy atom. The molecule has 2 bridgehead atoms. The zero-order valence-corrected chi connectivity index (χ0v) is 12.6. The minimum Gasteiger partial charge on any atom is -0.302 e. The van der Waals surface area contributed by atoms with Gasteiger partial charge in [-0.3, -0.25) is 9.88 Å². The van der Waals surface area contributed by atoms with Crippen molar-refractivity contribution in [3.63, 3.8) is 0 Å². The van der Waals surface area contributed by atoms with Crippen LogP contribution in [0.4, 0.5) is 13.2 Å². The molecule has 1 aromatic heterocycles. The van der Waals surface area contributed by atoms with Crippen molar-refractivity contribution < 1.29 is 18.0 Å². The Hall–Kier alpha value is -1.14. The van der Waals surface area contributed by atoms with Crippen LogP contribution in [-0.2, 0) is 10.2 Å². The van der Waals surface area contributed by atoms with Gasteiger partial charge in [-0.25, -0.2) is 0 Å². The van der Waals surface area contributed by atoms with Gasteiger partial charge < -0.3 is 4.79 Å². The molecular weight excluding hydrogens is 317 g/mol. The number of carbonyl (C=O) groups excluding carboxylic acids is 1. The molecule has 0 radical (unpaired) electrons. The van der Waals surface area contributed by atoms with E-state index >= 15 is 0 Å². The normalized spacial score (nSPS) is 32.2. The van der Waals surface area contributed by atoms with E-state index in [2.05, 4.69) is 4.98 Å². The van der Waals surface area contributed by atoms with Gasteiger partial charge in [0.15, 0.2) is 0 Å². The summed E-state index contributed by atoms with van der Waals surface area (Å²) in [6.07, 6.45) is 1.93. The van der Waals surface area contributed by atoms with Gasteiger partial charge in [-0.05, 0) is 37.3 Å². The summed E-state index contributed by atoms with van der Waals surface area (Å²) in [5, 5.41) is 0.434. The van der Waals surface area contributed by atoms with Crippen molar-refractivity contribution in [2.75, 3.05) is 6.54 Å². The first kappa shape index (κ1) is 15.7. The lowest BCUT2D eigenvalue weighted by molar-refractivity contribution is -0.157. The number of carbonyl (C=O) groups is 1. The van der Waals surface area contributed by atoms with Crippen LogP contribution in [0.25, 0.3) is 0 Å². The van der Waals surface area contributed by atoms with Crippen molar-refractivity contribution in [1.82, 2.24) is 9.88 Å². The number of fused-ring (bicyclic) bond motifs is 2. The van der Waals surface area contributed by atoms with E-state index in [4.69, 9.17) is 11.6 Å². The SMILES string of the molecule is O=CC1(c2cncc(Cl)c2)CC2CCC(C1)N2CC(F)(F)F. The lowest BCUT2D eigenvalue weighted by Gasteiger charge is -2.44. The van der Waals surface area contributed by atoms with Crippen LogP contribution >= 0.6 is 11.6 Å². The molecule has 0 spiro atoms. The van der Waals surface area contributed by atoms with Crippen LogP contribution in [-0.4, -0.2) is 41.0 Å². The molecule has 3 nitrogen and oxygen atoms in total. The molecule has 2 atom stereocenters. The van der Waals surface area contributed by atoms with Crippen molar-refractivity contribution in [3.05, 3.63) is 29.0 Å². The van der Waals surface area contributed by atoms with Crippen molar-refractivity contribution >= 4 is 17.9 Å². The Bertz CT molecular complexity index is 564. The zero-order chi connectivity index (χ0) is 16.0. The molecular formula is C15H16ClF3N2O. The Morgan fingerprint density at radius 3 is 2.45 bits per heavy atom. The van der Waals surface area contributed by atoms with Gasteiger partial charge in [0.05, 0.1) is 17.0 Å². The first-order valence-corrected chi connectivity index (χ1v) is 7.61.